The van der Waals surface area contributed by atoms with E-state index in [2.05, 4.69) is 15.3 Å². The molecule has 1 aromatic heterocycles. The first kappa shape index (κ1) is 22.0. The van der Waals surface area contributed by atoms with Crippen LogP contribution in [0.5, 0.6) is 0 Å². The number of nitrogens with one attached hydrogen (secondary N) is 1. The number of halogens is 3. The lowest BCUT2D eigenvalue weighted by Crippen LogP contribution is -2.49. The van der Waals surface area contributed by atoms with E-state index in [9.17, 15) is 18.1 Å². The van der Waals surface area contributed by atoms with E-state index in [1.807, 2.05) is 29.2 Å². The third-order valence-electron chi connectivity index (χ3n) is 6.86. The molecule has 3 heterocycles. The number of rotatable bonds is 5. The Balaban J connectivity index is 1.43. The van der Waals surface area contributed by atoms with Gasteiger partial charge in [-0.3, -0.25) is 4.21 Å². The SMILES string of the molecule is O=S1CC(F)(F)c2nc(N3CCC(c4ccc(Cl)cc4)CC3)nc(NC3(CO)CCC3)c21. The van der Waals surface area contributed by atoms with Gasteiger partial charge >= 0.3 is 5.92 Å². The molecule has 0 amide bonds. The maximum atomic E-state index is 14.7. The second kappa shape index (κ2) is 8.18. The average Bonchev–Trinajstić information content (AvgIpc) is 2.99. The summed E-state index contributed by atoms with van der Waals surface area (Å²) >= 11 is 5.99. The molecule has 2 aromatic rings. The summed E-state index contributed by atoms with van der Waals surface area (Å²) in [5.74, 6) is -3.28. The van der Waals surface area contributed by atoms with Crippen LogP contribution in [0.1, 0.15) is 49.3 Å². The highest BCUT2D eigenvalue weighted by Crippen LogP contribution is 2.45. The van der Waals surface area contributed by atoms with E-state index >= 15 is 0 Å². The predicted molar refractivity (Wildman–Crippen MR) is 120 cm³/mol. The molecule has 2 N–H and O–H groups in total. The summed E-state index contributed by atoms with van der Waals surface area (Å²) in [6, 6.07) is 7.81. The van der Waals surface area contributed by atoms with Gasteiger partial charge in [0.1, 0.15) is 16.4 Å². The number of alkyl halides is 2. The van der Waals surface area contributed by atoms with Gasteiger partial charge in [0.15, 0.2) is 0 Å². The van der Waals surface area contributed by atoms with Crippen molar-refractivity contribution in [2.24, 2.45) is 0 Å². The van der Waals surface area contributed by atoms with E-state index in [0.29, 0.717) is 36.9 Å². The number of nitrogens with zero attached hydrogens (tertiary/aromatic N) is 3. The second-order valence-electron chi connectivity index (χ2n) is 8.97. The summed E-state index contributed by atoms with van der Waals surface area (Å²) in [4.78, 5) is 10.7. The number of aliphatic hydroxyl groups is 1. The standard InChI is InChI=1S/C22H25ClF2N4O2S/c23-16-4-2-14(3-5-16)15-6-10-29(11-7-15)20-26-18-17(32(31)13-22(18,24)25)19(27-20)28-21(12-30)8-1-9-21/h2-5,15,30H,1,6-13H2,(H,26,27,28). The molecular weight excluding hydrogens is 458 g/mol. The molecule has 0 radical (unpaired) electrons. The van der Waals surface area contributed by atoms with E-state index in [1.54, 1.807) is 0 Å². The Hall–Kier alpha value is -1.84. The van der Waals surface area contributed by atoms with Crippen molar-refractivity contribution in [3.05, 3.63) is 40.5 Å². The lowest BCUT2D eigenvalue weighted by molar-refractivity contribution is 0.0191. The number of anilines is 2. The van der Waals surface area contributed by atoms with Crippen molar-refractivity contribution in [2.75, 3.05) is 35.7 Å². The number of aliphatic hydroxyl groups excluding tert-OH is 1. The number of hydrogen-bond acceptors (Lipinski definition) is 6. The fourth-order valence-corrected chi connectivity index (χ4v) is 6.22. The van der Waals surface area contributed by atoms with Gasteiger partial charge in [0.25, 0.3) is 0 Å². The lowest BCUT2D eigenvalue weighted by Gasteiger charge is -2.42. The zero-order valence-corrected chi connectivity index (χ0v) is 19.1. The molecule has 1 saturated heterocycles. The van der Waals surface area contributed by atoms with Crippen molar-refractivity contribution >= 4 is 34.2 Å². The minimum atomic E-state index is -3.26. The Morgan fingerprint density at radius 2 is 1.88 bits per heavy atom. The van der Waals surface area contributed by atoms with Gasteiger partial charge in [-0.05, 0) is 55.7 Å². The Labute approximate surface area is 192 Å². The van der Waals surface area contributed by atoms with Crippen LogP contribution in [0.25, 0.3) is 0 Å². The van der Waals surface area contributed by atoms with Crippen molar-refractivity contribution < 1.29 is 18.1 Å². The molecule has 3 aliphatic rings. The predicted octanol–water partition coefficient (Wildman–Crippen LogP) is 4.05. The number of fused-ring (bicyclic) bond motifs is 1. The fourth-order valence-electron chi connectivity index (χ4n) is 4.76. The first-order chi connectivity index (χ1) is 15.3. The third kappa shape index (κ3) is 3.88. The highest BCUT2D eigenvalue weighted by molar-refractivity contribution is 7.85. The van der Waals surface area contributed by atoms with Gasteiger partial charge in [-0.15, -0.1) is 0 Å². The number of piperidine rings is 1. The molecule has 1 saturated carbocycles. The van der Waals surface area contributed by atoms with Crippen molar-refractivity contribution in [3.63, 3.8) is 0 Å². The molecule has 32 heavy (non-hydrogen) atoms. The zero-order valence-electron chi connectivity index (χ0n) is 17.5. The molecule has 2 fully saturated rings. The largest absolute Gasteiger partial charge is 0.394 e. The van der Waals surface area contributed by atoms with Crippen molar-refractivity contribution in [1.82, 2.24) is 9.97 Å². The molecule has 172 valence electrons. The second-order valence-corrected chi connectivity index (χ2v) is 10.8. The molecule has 1 atom stereocenters. The van der Waals surface area contributed by atoms with Gasteiger partial charge in [-0.2, -0.15) is 13.8 Å². The number of hydrogen-bond donors (Lipinski definition) is 2. The normalized spacial score (nSPS) is 24.1. The molecule has 1 aliphatic carbocycles. The van der Waals surface area contributed by atoms with Crippen LogP contribution in [-0.2, 0) is 16.7 Å². The van der Waals surface area contributed by atoms with E-state index in [1.165, 1.54) is 5.56 Å². The van der Waals surface area contributed by atoms with Crippen molar-refractivity contribution in [1.29, 1.82) is 0 Å². The Morgan fingerprint density at radius 3 is 2.47 bits per heavy atom. The van der Waals surface area contributed by atoms with E-state index in [4.69, 9.17) is 11.6 Å². The Kier molecular flexibility index (Phi) is 5.62. The molecule has 1 aromatic carbocycles. The number of aromatic nitrogens is 2. The van der Waals surface area contributed by atoms with Gasteiger partial charge in [0.2, 0.25) is 5.95 Å². The van der Waals surface area contributed by atoms with Gasteiger partial charge in [-0.25, -0.2) is 4.98 Å². The molecular formula is C22H25ClF2N4O2S. The molecule has 0 spiro atoms. The van der Waals surface area contributed by atoms with Crippen LogP contribution in [0.4, 0.5) is 20.5 Å². The Morgan fingerprint density at radius 1 is 1.19 bits per heavy atom. The maximum absolute atomic E-state index is 14.7. The zero-order chi connectivity index (χ0) is 22.5. The number of benzene rings is 1. The lowest BCUT2D eigenvalue weighted by atomic mass is 9.77. The van der Waals surface area contributed by atoms with Crippen molar-refractivity contribution in [3.8, 4) is 0 Å². The third-order valence-corrected chi connectivity index (χ3v) is 8.58. The summed E-state index contributed by atoms with van der Waals surface area (Å²) in [6.45, 7) is 1.13. The van der Waals surface area contributed by atoms with Crippen LogP contribution < -0.4 is 10.2 Å². The topological polar surface area (TPSA) is 78.4 Å². The monoisotopic (exact) mass is 482 g/mol. The highest BCUT2D eigenvalue weighted by atomic mass is 35.5. The fraction of sp³-hybridized carbons (Fsp3) is 0.545. The average molecular weight is 483 g/mol. The smallest absolute Gasteiger partial charge is 0.302 e. The molecule has 6 nitrogen and oxygen atoms in total. The van der Waals surface area contributed by atoms with E-state index < -0.39 is 33.7 Å². The van der Waals surface area contributed by atoms with Crippen LogP contribution in [0.3, 0.4) is 0 Å². The quantitative estimate of drug-likeness (QED) is 0.669. The Bertz CT molecular complexity index is 1040. The highest BCUT2D eigenvalue weighted by Gasteiger charge is 2.49. The van der Waals surface area contributed by atoms with E-state index in [-0.39, 0.29) is 23.3 Å². The van der Waals surface area contributed by atoms with Gasteiger partial charge in [0.05, 0.1) is 28.7 Å². The summed E-state index contributed by atoms with van der Waals surface area (Å²) in [7, 11) is -1.89. The molecule has 1 unspecified atom stereocenters. The van der Waals surface area contributed by atoms with Crippen molar-refractivity contribution in [2.45, 2.75) is 54.4 Å². The summed E-state index contributed by atoms with van der Waals surface area (Å²) in [6.07, 6.45) is 4.05. The van der Waals surface area contributed by atoms with Crippen LogP contribution in [0, 0.1) is 0 Å². The van der Waals surface area contributed by atoms with Gasteiger partial charge in [-0.1, -0.05) is 23.7 Å². The van der Waals surface area contributed by atoms with Crippen LogP contribution in [0.15, 0.2) is 29.2 Å². The summed E-state index contributed by atoms with van der Waals surface area (Å²) in [5, 5.41) is 13.7. The first-order valence-corrected chi connectivity index (χ1v) is 12.6. The minimum Gasteiger partial charge on any atom is -0.394 e. The minimum absolute atomic E-state index is 0.0190. The van der Waals surface area contributed by atoms with E-state index in [0.717, 1.165) is 19.3 Å². The van der Waals surface area contributed by atoms with Crippen LogP contribution in [0.2, 0.25) is 5.02 Å². The molecule has 10 heteroatoms. The van der Waals surface area contributed by atoms with Crippen LogP contribution in [-0.4, -0.2) is 50.3 Å². The molecule has 2 aliphatic heterocycles. The molecule has 5 rings (SSSR count). The van der Waals surface area contributed by atoms with Gasteiger partial charge in [0, 0.05) is 18.1 Å². The molecule has 0 bridgehead atoms. The summed E-state index contributed by atoms with van der Waals surface area (Å²) in [5.41, 5.74) is 0.168. The van der Waals surface area contributed by atoms with Crippen LogP contribution >= 0.6 is 11.6 Å². The maximum Gasteiger partial charge on any atom is 0.302 e. The summed E-state index contributed by atoms with van der Waals surface area (Å²) < 4.78 is 41.8. The van der Waals surface area contributed by atoms with Gasteiger partial charge < -0.3 is 15.3 Å². The first-order valence-electron chi connectivity index (χ1n) is 10.9.